The molecule has 1 heterocycles. The van der Waals surface area contributed by atoms with Crippen LogP contribution in [0.25, 0.3) is 0 Å². The van der Waals surface area contributed by atoms with Crippen LogP contribution in [0.4, 0.5) is 35.1 Å². The van der Waals surface area contributed by atoms with Crippen LogP contribution in [0.1, 0.15) is 0 Å². The van der Waals surface area contributed by atoms with Gasteiger partial charge in [0.2, 0.25) is 12.5 Å². The molecule has 0 saturated carbocycles. The largest absolute Gasteiger partial charge is 0.429 e. The first-order valence-corrected chi connectivity index (χ1v) is 3.13. The molecule has 0 aromatic carbocycles. The molecule has 0 radical (unpaired) electrons. The monoisotopic (exact) mass is 230 g/mol. The molecule has 1 nitrogen and oxygen atoms in total. The Labute approximate surface area is 71.6 Å². The van der Waals surface area contributed by atoms with Crippen molar-refractivity contribution in [1.29, 1.82) is 0 Å². The fourth-order valence-electron chi connectivity index (χ4n) is 1.02. The van der Waals surface area contributed by atoms with Crippen molar-refractivity contribution >= 4 is 0 Å². The Morgan fingerprint density at radius 2 is 1.21 bits per heavy atom. The molecule has 1 aliphatic rings. The third-order valence-electron chi connectivity index (χ3n) is 1.76. The molecule has 0 aromatic heterocycles. The quantitative estimate of drug-likeness (QED) is 0.581. The zero-order valence-corrected chi connectivity index (χ0v) is 6.09. The Balaban J connectivity index is 3.08. The van der Waals surface area contributed by atoms with Gasteiger partial charge in [0, 0.05) is 0 Å². The lowest BCUT2D eigenvalue weighted by Crippen LogP contribution is -2.75. The van der Waals surface area contributed by atoms with E-state index in [2.05, 4.69) is 4.74 Å². The minimum Gasteiger partial charge on any atom is -0.318 e. The van der Waals surface area contributed by atoms with Gasteiger partial charge < -0.3 is 4.74 Å². The maximum absolute atomic E-state index is 12.3. The van der Waals surface area contributed by atoms with Crippen molar-refractivity contribution in [3.05, 3.63) is 0 Å². The molecular formula is C5H2F8O. The minimum atomic E-state index is -6.03. The summed E-state index contributed by atoms with van der Waals surface area (Å²) in [6, 6.07) is 0. The van der Waals surface area contributed by atoms with Crippen LogP contribution in [0.2, 0.25) is 0 Å². The second-order valence-corrected chi connectivity index (χ2v) is 2.60. The van der Waals surface area contributed by atoms with Gasteiger partial charge in [-0.05, 0) is 0 Å². The number of hydrogen-bond donors (Lipinski definition) is 0. The van der Waals surface area contributed by atoms with Gasteiger partial charge in [0.05, 0.1) is 0 Å². The summed E-state index contributed by atoms with van der Waals surface area (Å²) in [7, 11) is 0. The molecule has 1 saturated heterocycles. The molecule has 84 valence electrons. The third kappa shape index (κ3) is 1.17. The molecule has 2 atom stereocenters. The Bertz CT molecular complexity index is 215. The van der Waals surface area contributed by atoms with Gasteiger partial charge in [-0.15, -0.1) is 0 Å². The molecule has 0 unspecified atom stereocenters. The van der Waals surface area contributed by atoms with Gasteiger partial charge in [-0.25, -0.2) is 8.78 Å². The van der Waals surface area contributed by atoms with Gasteiger partial charge in [-0.3, -0.25) is 0 Å². The first-order chi connectivity index (χ1) is 6.04. The standard InChI is InChI=1S/C5H2F8O/c6-1-2(7)14-3(1,4(8,9)10)5(11,12)13/h1-2H/t1-,2-/m0/s1. The average molecular weight is 230 g/mol. The lowest BCUT2D eigenvalue weighted by atomic mass is 9.90. The number of alkyl halides is 8. The Morgan fingerprint density at radius 3 is 1.29 bits per heavy atom. The first-order valence-electron chi connectivity index (χ1n) is 3.13. The Hall–Kier alpha value is -0.600. The van der Waals surface area contributed by atoms with E-state index in [0.717, 1.165) is 0 Å². The van der Waals surface area contributed by atoms with Gasteiger partial charge in [0.15, 0.2) is 0 Å². The van der Waals surface area contributed by atoms with Crippen LogP contribution in [-0.2, 0) is 4.74 Å². The molecule has 0 aromatic rings. The molecule has 1 fully saturated rings. The van der Waals surface area contributed by atoms with Crippen LogP contribution in [0.15, 0.2) is 0 Å². The van der Waals surface area contributed by atoms with E-state index in [4.69, 9.17) is 0 Å². The highest BCUT2D eigenvalue weighted by atomic mass is 19.4. The third-order valence-corrected chi connectivity index (χ3v) is 1.76. The molecule has 1 rings (SSSR count). The van der Waals surface area contributed by atoms with Crippen molar-refractivity contribution in [2.24, 2.45) is 0 Å². The van der Waals surface area contributed by atoms with Crippen molar-refractivity contribution in [2.75, 3.05) is 0 Å². The molecule has 0 N–H and O–H groups in total. The zero-order valence-electron chi connectivity index (χ0n) is 6.09. The lowest BCUT2D eigenvalue weighted by Gasteiger charge is -2.47. The van der Waals surface area contributed by atoms with E-state index in [1.54, 1.807) is 0 Å². The highest BCUT2D eigenvalue weighted by Gasteiger charge is 2.84. The second kappa shape index (κ2) is 2.71. The lowest BCUT2D eigenvalue weighted by molar-refractivity contribution is -0.479. The number of halogens is 8. The van der Waals surface area contributed by atoms with Crippen LogP contribution >= 0.6 is 0 Å². The molecule has 0 amide bonds. The van der Waals surface area contributed by atoms with Crippen LogP contribution in [0.3, 0.4) is 0 Å². The highest BCUT2D eigenvalue weighted by molar-refractivity contribution is 5.09. The predicted octanol–water partition coefficient (Wildman–Crippen LogP) is 2.51. The zero-order chi connectivity index (χ0) is 11.4. The summed E-state index contributed by atoms with van der Waals surface area (Å²) in [4.78, 5) is 0. The fourth-order valence-corrected chi connectivity index (χ4v) is 1.02. The van der Waals surface area contributed by atoms with Crippen molar-refractivity contribution in [3.8, 4) is 0 Å². The van der Waals surface area contributed by atoms with Gasteiger partial charge in [0.1, 0.15) is 0 Å². The highest BCUT2D eigenvalue weighted by Crippen LogP contribution is 2.56. The summed E-state index contributed by atoms with van der Waals surface area (Å²) in [5.41, 5.74) is -5.01. The van der Waals surface area contributed by atoms with Crippen LogP contribution in [0.5, 0.6) is 0 Å². The Kier molecular flexibility index (Phi) is 2.22. The maximum atomic E-state index is 12.3. The summed E-state index contributed by atoms with van der Waals surface area (Å²) >= 11 is 0. The fraction of sp³-hybridized carbons (Fsp3) is 1.00. The maximum Gasteiger partial charge on any atom is 0.429 e. The average Bonchev–Trinajstić information content (AvgIpc) is 1.93. The van der Waals surface area contributed by atoms with Crippen molar-refractivity contribution in [2.45, 2.75) is 30.5 Å². The van der Waals surface area contributed by atoms with Crippen LogP contribution in [0, 0.1) is 0 Å². The van der Waals surface area contributed by atoms with E-state index in [-0.39, 0.29) is 0 Å². The molecular weight excluding hydrogens is 228 g/mol. The van der Waals surface area contributed by atoms with Crippen LogP contribution in [-0.4, -0.2) is 30.5 Å². The topological polar surface area (TPSA) is 9.23 Å². The van der Waals surface area contributed by atoms with Crippen LogP contribution < -0.4 is 0 Å². The summed E-state index contributed by atoms with van der Waals surface area (Å²) in [5.74, 6) is 0. The van der Waals surface area contributed by atoms with E-state index < -0.39 is 30.5 Å². The normalized spacial score (nSPS) is 32.6. The summed E-state index contributed by atoms with van der Waals surface area (Å²) < 4.78 is 98.0. The smallest absolute Gasteiger partial charge is 0.318 e. The summed E-state index contributed by atoms with van der Waals surface area (Å²) in [6.45, 7) is 0. The molecule has 14 heavy (non-hydrogen) atoms. The molecule has 0 aliphatic carbocycles. The van der Waals surface area contributed by atoms with E-state index in [9.17, 15) is 35.1 Å². The minimum absolute atomic E-state index is 2.88. The van der Waals surface area contributed by atoms with E-state index in [1.165, 1.54) is 0 Å². The number of rotatable bonds is 0. The molecule has 0 spiro atoms. The number of hydrogen-bond acceptors (Lipinski definition) is 1. The summed E-state index contributed by atoms with van der Waals surface area (Å²) in [6.07, 6.45) is -19.0. The van der Waals surface area contributed by atoms with Gasteiger partial charge in [-0.2, -0.15) is 26.3 Å². The second-order valence-electron chi connectivity index (χ2n) is 2.60. The first kappa shape index (κ1) is 11.5. The Morgan fingerprint density at radius 1 is 0.857 bits per heavy atom. The van der Waals surface area contributed by atoms with Gasteiger partial charge >= 0.3 is 12.4 Å². The predicted molar refractivity (Wildman–Crippen MR) is 25.7 cm³/mol. The van der Waals surface area contributed by atoms with Crippen molar-refractivity contribution in [3.63, 3.8) is 0 Å². The van der Waals surface area contributed by atoms with Gasteiger partial charge in [0.25, 0.3) is 5.60 Å². The van der Waals surface area contributed by atoms with Gasteiger partial charge in [-0.1, -0.05) is 0 Å². The van der Waals surface area contributed by atoms with Crippen molar-refractivity contribution < 1.29 is 39.9 Å². The van der Waals surface area contributed by atoms with E-state index >= 15 is 0 Å². The molecule has 9 heteroatoms. The summed E-state index contributed by atoms with van der Waals surface area (Å²) in [5, 5.41) is 0. The molecule has 0 bridgehead atoms. The number of ether oxygens (including phenoxy) is 1. The SMILES string of the molecule is F[C@H]1OC(C(F)(F)F)(C(F)(F)F)[C@H]1F. The van der Waals surface area contributed by atoms with E-state index in [0.29, 0.717) is 0 Å². The van der Waals surface area contributed by atoms with E-state index in [1.807, 2.05) is 0 Å². The molecule has 1 aliphatic heterocycles. The van der Waals surface area contributed by atoms with Crippen molar-refractivity contribution in [1.82, 2.24) is 0 Å².